The molecule has 0 unspecified atom stereocenters. The van der Waals surface area contributed by atoms with Gasteiger partial charge in [0, 0.05) is 5.56 Å². The zero-order chi connectivity index (χ0) is 27.8. The topological polar surface area (TPSA) is 86.7 Å². The van der Waals surface area contributed by atoms with Crippen LogP contribution in [-0.2, 0) is 16.8 Å². The smallest absolute Gasteiger partial charge is 0.262 e. The van der Waals surface area contributed by atoms with Gasteiger partial charge in [0.15, 0.2) is 0 Å². The summed E-state index contributed by atoms with van der Waals surface area (Å²) in [6, 6.07) is 3.95. The van der Waals surface area contributed by atoms with E-state index in [9.17, 15) is 18.1 Å². The number of phenols is 1. The molecule has 0 aliphatic rings. The molecule has 0 radical (unpaired) electrons. The first-order valence-corrected chi connectivity index (χ1v) is 14.4. The fourth-order valence-corrected chi connectivity index (χ4v) is 4.15. The molecule has 0 fully saturated rings. The Kier molecular flexibility index (Phi) is 14.9. The second kappa shape index (κ2) is 17.0. The highest BCUT2D eigenvalue weighted by Gasteiger charge is 2.05. The molecule has 5 nitrogen and oxygen atoms in total. The number of phenolic OH excluding ortho intramolecular Hbond substituents is 1. The van der Waals surface area contributed by atoms with Crippen LogP contribution in [0.1, 0.15) is 98.5 Å². The third-order valence-corrected chi connectivity index (χ3v) is 6.50. The summed E-state index contributed by atoms with van der Waals surface area (Å²) in [4.78, 5) is 0. The van der Waals surface area contributed by atoms with Crippen molar-refractivity contribution in [3.63, 3.8) is 0 Å². The lowest BCUT2D eigenvalue weighted by Gasteiger charge is -2.11. The molecule has 1 aromatic carbocycles. The maximum absolute atomic E-state index is 10.8. The molecule has 0 aliphatic carbocycles. The Bertz CT molecular complexity index is 1110. The van der Waals surface area contributed by atoms with E-state index in [0.29, 0.717) is 12.0 Å². The van der Waals surface area contributed by atoms with Crippen molar-refractivity contribution in [1.82, 2.24) is 0 Å². The van der Waals surface area contributed by atoms with Gasteiger partial charge in [-0.15, -0.1) is 0 Å². The summed E-state index contributed by atoms with van der Waals surface area (Å²) in [6.45, 7) is 13.0. The second-order valence-corrected chi connectivity index (χ2v) is 11.1. The lowest BCUT2D eigenvalue weighted by Crippen LogP contribution is -2.07. The fraction of sp³-hybridized carbons (Fsp3) is 0.484. The molecule has 1 rings (SSSR count). The van der Waals surface area contributed by atoms with E-state index in [2.05, 4.69) is 63.1 Å². The number of allylic oxidation sites excluding steroid dienone is 10. The first kappa shape index (κ1) is 32.5. The third-order valence-electron chi connectivity index (χ3n) is 6.11. The Balaban J connectivity index is 2.41. The summed E-state index contributed by atoms with van der Waals surface area (Å²) < 4.78 is 36.7. The van der Waals surface area contributed by atoms with E-state index in [1.54, 1.807) is 0 Å². The van der Waals surface area contributed by atoms with Crippen molar-refractivity contribution in [1.29, 1.82) is 0 Å². The Morgan fingerprint density at radius 3 is 1.62 bits per heavy atom. The van der Waals surface area contributed by atoms with Gasteiger partial charge in [-0.05, 0) is 118 Å². The average Bonchev–Trinajstić information content (AvgIpc) is 2.78. The molecule has 0 bridgehead atoms. The zero-order valence-corrected chi connectivity index (χ0v) is 24.3. The number of aromatic hydroxyl groups is 1. The predicted octanol–water partition coefficient (Wildman–Crippen LogP) is 8.65. The van der Waals surface area contributed by atoms with Crippen molar-refractivity contribution >= 4 is 10.4 Å². The molecule has 0 heterocycles. The van der Waals surface area contributed by atoms with Crippen molar-refractivity contribution in [3.05, 3.63) is 82.0 Å². The molecule has 0 amide bonds. The Morgan fingerprint density at radius 1 is 0.757 bits per heavy atom. The van der Waals surface area contributed by atoms with Crippen molar-refractivity contribution in [2.24, 2.45) is 0 Å². The molecule has 0 aliphatic heterocycles. The number of hydrogen-bond acceptors (Lipinski definition) is 5. The molecule has 6 heteroatoms. The predicted molar refractivity (Wildman–Crippen MR) is 154 cm³/mol. The molecule has 0 spiro atoms. The lowest BCUT2D eigenvalue weighted by molar-refractivity contribution is 0.371. The monoisotopic (exact) mass is 529 g/mol. The SMILES string of the molecule is CC(C)=CCC/C(C)=C/CC/C(C)=C/CC/C(C)=C/CC/C(C)=C/Cc1cc(OS(=O)(=O)[O-])ccc1O. The van der Waals surface area contributed by atoms with E-state index in [1.165, 1.54) is 46.1 Å². The third kappa shape index (κ3) is 16.7. The Morgan fingerprint density at radius 2 is 1.19 bits per heavy atom. The van der Waals surface area contributed by atoms with Crippen LogP contribution in [0.25, 0.3) is 0 Å². The molecular weight excluding hydrogens is 484 g/mol. The second-order valence-electron chi connectivity index (χ2n) is 10.1. The Labute approximate surface area is 225 Å². The highest BCUT2D eigenvalue weighted by atomic mass is 32.3. The van der Waals surface area contributed by atoms with E-state index < -0.39 is 10.4 Å². The van der Waals surface area contributed by atoms with Crippen LogP contribution in [0.4, 0.5) is 0 Å². The van der Waals surface area contributed by atoms with Crippen molar-refractivity contribution in [3.8, 4) is 11.5 Å². The summed E-state index contributed by atoms with van der Waals surface area (Å²) in [5, 5.41) is 10.0. The summed E-state index contributed by atoms with van der Waals surface area (Å²) >= 11 is 0. The van der Waals surface area contributed by atoms with Crippen LogP contribution in [0, 0.1) is 0 Å². The van der Waals surface area contributed by atoms with Gasteiger partial charge in [0.2, 0.25) is 0 Å². The molecule has 1 N–H and O–H groups in total. The molecule has 0 aromatic heterocycles. The number of hydrogen-bond donors (Lipinski definition) is 1. The summed E-state index contributed by atoms with van der Waals surface area (Å²) in [5.74, 6) is -0.0668. The van der Waals surface area contributed by atoms with Gasteiger partial charge in [0.05, 0.1) is 0 Å². The molecule has 0 saturated carbocycles. The maximum atomic E-state index is 10.8. The quantitative estimate of drug-likeness (QED) is 0.131. The van der Waals surface area contributed by atoms with Crippen LogP contribution < -0.4 is 4.18 Å². The minimum atomic E-state index is -4.84. The highest BCUT2D eigenvalue weighted by Crippen LogP contribution is 2.25. The van der Waals surface area contributed by atoms with Crippen LogP contribution in [0.15, 0.2) is 76.4 Å². The highest BCUT2D eigenvalue weighted by molar-refractivity contribution is 7.81. The average molecular weight is 530 g/mol. The van der Waals surface area contributed by atoms with E-state index in [-0.39, 0.29) is 11.5 Å². The maximum Gasteiger partial charge on any atom is 0.262 e. The molecule has 0 saturated heterocycles. The summed E-state index contributed by atoms with van der Waals surface area (Å²) in [5.41, 5.74) is 7.37. The largest absolute Gasteiger partial charge is 0.716 e. The minimum absolute atomic E-state index is 0.0319. The van der Waals surface area contributed by atoms with Crippen LogP contribution >= 0.6 is 0 Å². The molecule has 0 atom stereocenters. The van der Waals surface area contributed by atoms with E-state index in [0.717, 1.165) is 51.4 Å². The van der Waals surface area contributed by atoms with E-state index in [4.69, 9.17) is 0 Å². The van der Waals surface area contributed by atoms with Gasteiger partial charge < -0.3 is 13.8 Å². The minimum Gasteiger partial charge on any atom is -0.716 e. The van der Waals surface area contributed by atoms with Crippen LogP contribution in [-0.4, -0.2) is 18.1 Å². The van der Waals surface area contributed by atoms with E-state index in [1.807, 2.05) is 13.0 Å². The first-order valence-electron chi connectivity index (χ1n) is 13.1. The van der Waals surface area contributed by atoms with Gasteiger partial charge >= 0.3 is 0 Å². The molecular formula is C31H45O5S-. The summed E-state index contributed by atoms with van der Waals surface area (Å²) in [7, 11) is -4.84. The van der Waals surface area contributed by atoms with Crippen molar-refractivity contribution in [2.45, 2.75) is 99.3 Å². The lowest BCUT2D eigenvalue weighted by atomic mass is 10.0. The van der Waals surface area contributed by atoms with Crippen LogP contribution in [0.2, 0.25) is 0 Å². The van der Waals surface area contributed by atoms with Gasteiger partial charge in [-0.1, -0.05) is 58.2 Å². The number of benzene rings is 1. The van der Waals surface area contributed by atoms with Crippen LogP contribution in [0.5, 0.6) is 11.5 Å². The van der Waals surface area contributed by atoms with Gasteiger partial charge in [-0.3, -0.25) is 0 Å². The molecule has 1 aromatic rings. The summed E-state index contributed by atoms with van der Waals surface area (Å²) in [6.07, 6.45) is 20.2. The van der Waals surface area contributed by atoms with Crippen molar-refractivity contribution < 1.29 is 22.3 Å². The standard InChI is InChI=1S/C31H46O5S/c1-24(2)11-7-12-25(3)13-8-14-26(4)15-9-16-27(5)17-10-18-28(6)19-20-29-23-30(21-22-31(29)32)36-37(33,34)35/h11,13,15,17,19,21-23,32H,7-10,12,14,16,18,20H2,1-6H3,(H,33,34,35)/p-1/b25-13+,26-15+,27-17+,28-19+. The number of rotatable bonds is 16. The van der Waals surface area contributed by atoms with Gasteiger partial charge in [-0.2, -0.15) is 0 Å². The fourth-order valence-electron chi connectivity index (χ4n) is 3.81. The molecule has 206 valence electrons. The first-order chi connectivity index (χ1) is 17.4. The Hall–Kier alpha value is -2.57. The zero-order valence-electron chi connectivity index (χ0n) is 23.5. The van der Waals surface area contributed by atoms with E-state index >= 15 is 0 Å². The molecule has 37 heavy (non-hydrogen) atoms. The van der Waals surface area contributed by atoms with Crippen LogP contribution in [0.3, 0.4) is 0 Å². The van der Waals surface area contributed by atoms with Gasteiger partial charge in [0.1, 0.15) is 11.5 Å². The normalized spacial score (nSPS) is 13.6. The van der Waals surface area contributed by atoms with Gasteiger partial charge in [-0.25, -0.2) is 8.42 Å². The van der Waals surface area contributed by atoms with Crippen molar-refractivity contribution in [2.75, 3.05) is 0 Å². The van der Waals surface area contributed by atoms with Gasteiger partial charge in [0.25, 0.3) is 10.4 Å².